The molecule has 13 heteroatoms. The molecule has 0 unspecified atom stereocenters. The molecule has 0 aliphatic carbocycles. The van der Waals surface area contributed by atoms with Gasteiger partial charge in [-0.1, -0.05) is 12.2 Å². The summed E-state index contributed by atoms with van der Waals surface area (Å²) >= 11 is 0. The van der Waals surface area contributed by atoms with E-state index in [4.69, 9.17) is 9.72 Å². The Balaban J connectivity index is 1.17. The van der Waals surface area contributed by atoms with Crippen molar-refractivity contribution in [1.82, 2.24) is 38.8 Å². The van der Waals surface area contributed by atoms with Gasteiger partial charge in [-0.25, -0.2) is 24.3 Å². The number of allylic oxidation sites excluding steroid dienone is 2. The van der Waals surface area contributed by atoms with Crippen LogP contribution in [0.25, 0.3) is 27.8 Å². The number of hydrogen-bond donors (Lipinski definition) is 1. The molecule has 1 fully saturated rings. The lowest BCUT2D eigenvalue weighted by atomic mass is 10.2. The van der Waals surface area contributed by atoms with Crippen molar-refractivity contribution in [3.05, 3.63) is 65.5 Å². The Morgan fingerprint density at radius 1 is 0.953 bits per heavy atom. The minimum Gasteiger partial charge on any atom is -0.466 e. The highest BCUT2D eigenvalue weighted by Gasteiger charge is 2.28. The van der Waals surface area contributed by atoms with Gasteiger partial charge in [-0.05, 0) is 56.6 Å². The number of amides is 1. The Kier molecular flexibility index (Phi) is 6.17. The minimum absolute atomic E-state index is 0.0424. The Labute approximate surface area is 246 Å². The number of likely N-dealkylation sites (tertiary alicyclic amines) is 1. The van der Waals surface area contributed by atoms with E-state index in [1.807, 2.05) is 36.7 Å². The maximum absolute atomic E-state index is 13.6. The summed E-state index contributed by atoms with van der Waals surface area (Å²) in [7, 11) is 0. The SMILES string of the molecule is O=C1COc2ncc3cc2N1CCC/C=C\Cn1c(=O)c2cnc(Nc4ccc5c(c4)ncn5CCN4CCC4)nc2n1-3. The summed E-state index contributed by atoms with van der Waals surface area (Å²) in [6, 6.07) is 7.85. The lowest BCUT2D eigenvalue weighted by Crippen LogP contribution is -2.40. The first-order valence-corrected chi connectivity index (χ1v) is 14.6. The molecule has 0 radical (unpaired) electrons. The van der Waals surface area contributed by atoms with Crippen molar-refractivity contribution in [2.75, 3.05) is 43.0 Å². The topological polar surface area (TPSA) is 128 Å². The first-order valence-electron chi connectivity index (χ1n) is 14.6. The van der Waals surface area contributed by atoms with Gasteiger partial charge < -0.3 is 24.4 Å². The van der Waals surface area contributed by atoms with Crippen molar-refractivity contribution < 1.29 is 9.53 Å². The second-order valence-corrected chi connectivity index (χ2v) is 11.1. The molecule has 5 aromatic rings. The summed E-state index contributed by atoms with van der Waals surface area (Å²) in [5.41, 5.74) is 4.15. The van der Waals surface area contributed by atoms with Crippen LogP contribution in [0, 0.1) is 0 Å². The Morgan fingerprint density at radius 3 is 2.77 bits per heavy atom. The molecule has 4 aromatic heterocycles. The van der Waals surface area contributed by atoms with Crippen LogP contribution in [0.4, 0.5) is 17.3 Å². The zero-order valence-electron chi connectivity index (χ0n) is 23.5. The third kappa shape index (κ3) is 4.52. The number of imidazole rings is 1. The van der Waals surface area contributed by atoms with Gasteiger partial charge >= 0.3 is 0 Å². The van der Waals surface area contributed by atoms with E-state index in [2.05, 4.69) is 35.8 Å². The summed E-state index contributed by atoms with van der Waals surface area (Å²) < 4.78 is 11.1. The van der Waals surface area contributed by atoms with Crippen molar-refractivity contribution in [1.29, 1.82) is 0 Å². The monoisotopic (exact) mass is 578 g/mol. The van der Waals surface area contributed by atoms with Crippen molar-refractivity contribution in [3.63, 3.8) is 0 Å². The maximum atomic E-state index is 13.6. The van der Waals surface area contributed by atoms with Gasteiger partial charge in [-0.3, -0.25) is 9.59 Å². The first kappa shape index (κ1) is 25.7. The average Bonchev–Trinajstić information content (AvgIpc) is 3.51. The molecule has 43 heavy (non-hydrogen) atoms. The molecule has 0 saturated carbocycles. The molecule has 0 atom stereocenters. The van der Waals surface area contributed by atoms with Gasteiger partial charge in [0.15, 0.2) is 12.3 Å². The quantitative estimate of drug-likeness (QED) is 0.313. The van der Waals surface area contributed by atoms with E-state index in [9.17, 15) is 9.59 Å². The molecule has 3 aliphatic rings. The third-order valence-electron chi connectivity index (χ3n) is 8.34. The summed E-state index contributed by atoms with van der Waals surface area (Å²) in [4.78, 5) is 48.8. The predicted octanol–water partition coefficient (Wildman–Crippen LogP) is 2.85. The molecule has 8 rings (SSSR count). The van der Waals surface area contributed by atoms with E-state index in [0.29, 0.717) is 47.3 Å². The lowest BCUT2D eigenvalue weighted by Gasteiger charge is -2.30. The fraction of sp³-hybridized carbons (Fsp3) is 0.333. The lowest BCUT2D eigenvalue weighted by molar-refractivity contribution is -0.121. The van der Waals surface area contributed by atoms with Gasteiger partial charge in [-0.15, -0.1) is 0 Å². The van der Waals surface area contributed by atoms with Crippen LogP contribution in [0.3, 0.4) is 0 Å². The van der Waals surface area contributed by atoms with Crippen molar-refractivity contribution >= 4 is 45.3 Å². The number of fused-ring (bicyclic) bond motifs is 6. The Hall–Kier alpha value is -5.04. The zero-order valence-corrected chi connectivity index (χ0v) is 23.5. The highest BCUT2D eigenvalue weighted by atomic mass is 16.5. The number of aromatic nitrogens is 7. The van der Waals surface area contributed by atoms with E-state index in [1.54, 1.807) is 26.7 Å². The maximum Gasteiger partial charge on any atom is 0.278 e. The average molecular weight is 579 g/mol. The normalized spacial score (nSPS) is 17.6. The number of carbonyl (C=O) groups excluding carboxylic acids is 1. The second kappa shape index (κ2) is 10.3. The second-order valence-electron chi connectivity index (χ2n) is 11.1. The summed E-state index contributed by atoms with van der Waals surface area (Å²) in [5.74, 6) is 0.628. The molecule has 1 aromatic carbocycles. The molecule has 2 bridgehead atoms. The van der Waals surface area contributed by atoms with Crippen LogP contribution >= 0.6 is 0 Å². The zero-order chi connectivity index (χ0) is 28.9. The number of ether oxygens (including phenoxy) is 1. The number of nitrogens with zero attached hydrogens (tertiary/aromatic N) is 9. The van der Waals surface area contributed by atoms with Crippen LogP contribution in [-0.2, 0) is 17.9 Å². The molecule has 7 heterocycles. The smallest absolute Gasteiger partial charge is 0.278 e. The summed E-state index contributed by atoms with van der Waals surface area (Å²) in [5, 5.41) is 3.67. The van der Waals surface area contributed by atoms with Crippen molar-refractivity contribution in [2.45, 2.75) is 32.4 Å². The summed E-state index contributed by atoms with van der Waals surface area (Å²) in [6.07, 6.45) is 11.9. The van der Waals surface area contributed by atoms with E-state index < -0.39 is 0 Å². The van der Waals surface area contributed by atoms with E-state index >= 15 is 0 Å². The third-order valence-corrected chi connectivity index (χ3v) is 8.34. The fourth-order valence-corrected chi connectivity index (χ4v) is 5.92. The van der Waals surface area contributed by atoms with E-state index in [1.165, 1.54) is 19.5 Å². The van der Waals surface area contributed by atoms with E-state index in [-0.39, 0.29) is 18.1 Å². The molecule has 3 aliphatic heterocycles. The minimum atomic E-state index is -0.213. The van der Waals surface area contributed by atoms with Crippen LogP contribution < -0.4 is 20.5 Å². The first-order chi connectivity index (χ1) is 21.1. The predicted molar refractivity (Wildman–Crippen MR) is 161 cm³/mol. The Morgan fingerprint density at radius 2 is 1.88 bits per heavy atom. The van der Waals surface area contributed by atoms with Gasteiger partial charge in [0.25, 0.3) is 11.5 Å². The number of benzene rings is 1. The van der Waals surface area contributed by atoms with Crippen molar-refractivity contribution in [3.8, 4) is 11.6 Å². The molecular weight excluding hydrogens is 548 g/mol. The van der Waals surface area contributed by atoms with Gasteiger partial charge in [0.1, 0.15) is 11.1 Å². The van der Waals surface area contributed by atoms with Crippen molar-refractivity contribution in [2.24, 2.45) is 0 Å². The Bertz CT molecular complexity index is 1970. The van der Waals surface area contributed by atoms with Gasteiger partial charge in [0.2, 0.25) is 11.8 Å². The number of anilines is 3. The molecule has 218 valence electrons. The highest BCUT2D eigenvalue weighted by Crippen LogP contribution is 2.33. The van der Waals surface area contributed by atoms with Crippen LogP contribution in [0.5, 0.6) is 5.88 Å². The fourth-order valence-electron chi connectivity index (χ4n) is 5.92. The molecule has 1 saturated heterocycles. The van der Waals surface area contributed by atoms with Gasteiger partial charge in [-0.2, -0.15) is 4.98 Å². The number of carbonyl (C=O) groups is 1. The number of hydrogen-bond acceptors (Lipinski definition) is 9. The molecule has 0 spiro atoms. The van der Waals surface area contributed by atoms with Crippen LogP contribution in [0.1, 0.15) is 19.3 Å². The van der Waals surface area contributed by atoms with Crippen LogP contribution in [-0.4, -0.2) is 77.5 Å². The molecule has 1 N–H and O–H groups in total. The molecule has 13 nitrogen and oxygen atoms in total. The number of rotatable bonds is 5. The largest absolute Gasteiger partial charge is 0.466 e. The standard InChI is InChI=1S/C30H30N10O3/c41-26-18-43-28-25-15-21(16-31-28)40-27-22(29(42)39(40)11-4-2-1-3-10-38(25)26)17-32-30(35-27)34-20-6-7-24-23(14-20)33-19-37(24)13-12-36-8-5-9-36/h2,4,6-7,14-17,19H,1,3,5,8-13,18H2,(H,32,34,35)/b4-2-. The van der Waals surface area contributed by atoms with Crippen LogP contribution in [0.2, 0.25) is 0 Å². The molecular formula is C30H30N10O3. The van der Waals surface area contributed by atoms with Gasteiger partial charge in [0.05, 0.1) is 35.8 Å². The number of nitrogens with one attached hydrogen (secondary N) is 1. The summed E-state index contributed by atoms with van der Waals surface area (Å²) in [6.45, 7) is 5.15. The van der Waals surface area contributed by atoms with Crippen LogP contribution in [0.15, 0.2) is 59.9 Å². The van der Waals surface area contributed by atoms with E-state index in [0.717, 1.165) is 42.7 Å². The number of pyridine rings is 1. The van der Waals surface area contributed by atoms with Gasteiger partial charge in [0, 0.05) is 31.5 Å². The molecule has 1 amide bonds. The highest BCUT2D eigenvalue weighted by molar-refractivity contribution is 5.97.